The highest BCUT2D eigenvalue weighted by atomic mass is 15.3. The van der Waals surface area contributed by atoms with Crippen LogP contribution >= 0.6 is 0 Å². The third-order valence-electron chi connectivity index (χ3n) is 4.69. The van der Waals surface area contributed by atoms with E-state index in [1.165, 1.54) is 19.3 Å². The first-order valence-corrected chi connectivity index (χ1v) is 9.28. The first kappa shape index (κ1) is 17.0. The maximum absolute atomic E-state index is 9.21. The van der Waals surface area contributed by atoms with Crippen LogP contribution in [0.1, 0.15) is 24.8 Å². The number of rotatable bonds is 4. The number of para-hydroxylation sites is 1. The van der Waals surface area contributed by atoms with E-state index in [2.05, 4.69) is 16.3 Å². The Kier molecular flexibility index (Phi) is 4.97. The lowest BCUT2D eigenvalue weighted by Crippen LogP contribution is -2.31. The normalized spacial score (nSPS) is 13.8. The van der Waals surface area contributed by atoms with E-state index in [0.717, 1.165) is 41.8 Å². The summed E-state index contributed by atoms with van der Waals surface area (Å²) in [4.78, 5) is 11.8. The summed E-state index contributed by atoms with van der Waals surface area (Å²) in [5, 5.41) is 12.6. The number of nitrogens with one attached hydrogen (secondary N) is 1. The standard InChI is InChI=1S/C22H21N5/c23-16-17-8-7-9-18(14-17)20-15-21(24-19-10-3-1-4-11-19)26-22(25-20)27-12-5-2-6-13-27/h1,3-4,7-11,14-15H,2,5-6,12-13H2,(H,24,25,26). The van der Waals surface area contributed by atoms with Gasteiger partial charge in [0, 0.05) is 30.4 Å². The molecule has 0 saturated carbocycles. The quantitative estimate of drug-likeness (QED) is 0.732. The lowest BCUT2D eigenvalue weighted by molar-refractivity contribution is 0.568. The molecule has 0 unspecified atom stereocenters. The molecule has 5 heteroatoms. The molecule has 1 aliphatic heterocycles. The van der Waals surface area contributed by atoms with Crippen molar-refractivity contribution in [3.05, 3.63) is 66.2 Å². The molecular formula is C22H21N5. The van der Waals surface area contributed by atoms with Crippen molar-refractivity contribution in [3.8, 4) is 17.3 Å². The van der Waals surface area contributed by atoms with E-state index in [1.54, 1.807) is 6.07 Å². The molecule has 1 aromatic heterocycles. The van der Waals surface area contributed by atoms with Gasteiger partial charge in [0.2, 0.25) is 5.95 Å². The second-order valence-corrected chi connectivity index (χ2v) is 6.67. The second kappa shape index (κ2) is 7.88. The third-order valence-corrected chi connectivity index (χ3v) is 4.69. The van der Waals surface area contributed by atoms with E-state index in [-0.39, 0.29) is 0 Å². The number of hydrogen-bond acceptors (Lipinski definition) is 5. The molecule has 2 heterocycles. The maximum Gasteiger partial charge on any atom is 0.227 e. The van der Waals surface area contributed by atoms with E-state index in [0.29, 0.717) is 5.56 Å². The van der Waals surface area contributed by atoms with Gasteiger partial charge in [-0.25, -0.2) is 4.98 Å². The predicted octanol–water partition coefficient (Wildman–Crippen LogP) is 4.75. The molecule has 1 saturated heterocycles. The Labute approximate surface area is 159 Å². The fourth-order valence-corrected chi connectivity index (χ4v) is 3.30. The van der Waals surface area contributed by atoms with Crippen molar-refractivity contribution in [2.75, 3.05) is 23.3 Å². The van der Waals surface area contributed by atoms with Crippen LogP contribution < -0.4 is 10.2 Å². The highest BCUT2D eigenvalue weighted by Crippen LogP contribution is 2.26. The van der Waals surface area contributed by atoms with Crippen molar-refractivity contribution >= 4 is 17.5 Å². The van der Waals surface area contributed by atoms with Crippen molar-refractivity contribution in [3.63, 3.8) is 0 Å². The highest BCUT2D eigenvalue weighted by Gasteiger charge is 2.16. The van der Waals surface area contributed by atoms with Crippen LogP contribution in [0.5, 0.6) is 0 Å². The van der Waals surface area contributed by atoms with Crippen LogP contribution in [0.4, 0.5) is 17.5 Å². The second-order valence-electron chi connectivity index (χ2n) is 6.67. The highest BCUT2D eigenvalue weighted by molar-refractivity contribution is 5.68. The van der Waals surface area contributed by atoms with Gasteiger partial charge in [-0.15, -0.1) is 0 Å². The molecule has 1 fully saturated rings. The zero-order chi connectivity index (χ0) is 18.5. The summed E-state index contributed by atoms with van der Waals surface area (Å²) in [5.74, 6) is 1.50. The molecule has 27 heavy (non-hydrogen) atoms. The summed E-state index contributed by atoms with van der Waals surface area (Å²) in [6.07, 6.45) is 3.59. The van der Waals surface area contributed by atoms with E-state index in [1.807, 2.05) is 54.6 Å². The number of anilines is 3. The third kappa shape index (κ3) is 4.06. The van der Waals surface area contributed by atoms with Crippen LogP contribution in [0.3, 0.4) is 0 Å². The molecule has 0 atom stereocenters. The van der Waals surface area contributed by atoms with Crippen LogP contribution in [0.25, 0.3) is 11.3 Å². The summed E-state index contributed by atoms with van der Waals surface area (Å²) in [5.41, 5.74) is 3.35. The molecule has 1 aliphatic rings. The van der Waals surface area contributed by atoms with Crippen LogP contribution in [-0.2, 0) is 0 Å². The number of aromatic nitrogens is 2. The monoisotopic (exact) mass is 355 g/mol. The summed E-state index contributed by atoms with van der Waals surface area (Å²) >= 11 is 0. The van der Waals surface area contributed by atoms with E-state index in [4.69, 9.17) is 9.97 Å². The Morgan fingerprint density at radius 1 is 0.889 bits per heavy atom. The van der Waals surface area contributed by atoms with Gasteiger partial charge in [0.1, 0.15) is 5.82 Å². The minimum absolute atomic E-state index is 0.628. The molecule has 0 amide bonds. The van der Waals surface area contributed by atoms with Crippen molar-refractivity contribution < 1.29 is 0 Å². The summed E-state index contributed by atoms with van der Waals surface area (Å²) < 4.78 is 0. The summed E-state index contributed by atoms with van der Waals surface area (Å²) in [6.45, 7) is 1.96. The van der Waals surface area contributed by atoms with Crippen LogP contribution in [0.2, 0.25) is 0 Å². The first-order chi connectivity index (χ1) is 13.3. The number of benzene rings is 2. The van der Waals surface area contributed by atoms with E-state index in [9.17, 15) is 5.26 Å². The molecule has 0 radical (unpaired) electrons. The Bertz CT molecular complexity index is 956. The summed E-state index contributed by atoms with van der Waals surface area (Å²) in [6, 6.07) is 21.7. The molecule has 0 spiro atoms. The fourth-order valence-electron chi connectivity index (χ4n) is 3.30. The van der Waals surface area contributed by atoms with Crippen molar-refractivity contribution in [2.24, 2.45) is 0 Å². The molecule has 4 rings (SSSR count). The van der Waals surface area contributed by atoms with Gasteiger partial charge in [-0.1, -0.05) is 30.3 Å². The number of piperidine rings is 1. The largest absolute Gasteiger partial charge is 0.341 e. The van der Waals surface area contributed by atoms with Crippen molar-refractivity contribution in [2.45, 2.75) is 19.3 Å². The lowest BCUT2D eigenvalue weighted by Gasteiger charge is -2.27. The van der Waals surface area contributed by atoms with Gasteiger partial charge < -0.3 is 10.2 Å². The summed E-state index contributed by atoms with van der Waals surface area (Å²) in [7, 11) is 0. The van der Waals surface area contributed by atoms with Gasteiger partial charge >= 0.3 is 0 Å². The number of nitrogens with zero attached hydrogens (tertiary/aromatic N) is 4. The maximum atomic E-state index is 9.21. The first-order valence-electron chi connectivity index (χ1n) is 9.28. The Hall–Kier alpha value is -3.39. The van der Waals surface area contributed by atoms with Gasteiger partial charge in [-0.2, -0.15) is 10.2 Å². The van der Waals surface area contributed by atoms with Gasteiger partial charge in [0.15, 0.2) is 0 Å². The average molecular weight is 355 g/mol. The SMILES string of the molecule is N#Cc1cccc(-c2cc(Nc3ccccc3)nc(N3CCCCC3)n2)c1. The van der Waals surface area contributed by atoms with Gasteiger partial charge in [-0.3, -0.25) is 0 Å². The van der Waals surface area contributed by atoms with Crippen LogP contribution in [-0.4, -0.2) is 23.1 Å². The zero-order valence-electron chi connectivity index (χ0n) is 15.1. The molecule has 1 N–H and O–H groups in total. The Morgan fingerprint density at radius 3 is 2.48 bits per heavy atom. The van der Waals surface area contributed by atoms with E-state index >= 15 is 0 Å². The Balaban J connectivity index is 1.74. The predicted molar refractivity (Wildman–Crippen MR) is 108 cm³/mol. The van der Waals surface area contributed by atoms with Crippen molar-refractivity contribution in [1.82, 2.24) is 9.97 Å². The topological polar surface area (TPSA) is 64.8 Å². The minimum atomic E-state index is 0.628. The number of hydrogen-bond donors (Lipinski definition) is 1. The molecule has 3 aromatic rings. The Morgan fingerprint density at radius 2 is 1.70 bits per heavy atom. The molecule has 2 aromatic carbocycles. The zero-order valence-corrected chi connectivity index (χ0v) is 15.1. The van der Waals surface area contributed by atoms with Crippen molar-refractivity contribution in [1.29, 1.82) is 5.26 Å². The fraction of sp³-hybridized carbons (Fsp3) is 0.227. The minimum Gasteiger partial charge on any atom is -0.341 e. The molecule has 5 nitrogen and oxygen atoms in total. The lowest BCUT2D eigenvalue weighted by atomic mass is 10.1. The van der Waals surface area contributed by atoms with Crippen LogP contribution in [0.15, 0.2) is 60.7 Å². The molecule has 0 aliphatic carbocycles. The van der Waals surface area contributed by atoms with Gasteiger partial charge in [-0.05, 0) is 43.5 Å². The van der Waals surface area contributed by atoms with Gasteiger partial charge in [0.05, 0.1) is 17.3 Å². The van der Waals surface area contributed by atoms with E-state index < -0.39 is 0 Å². The number of nitriles is 1. The smallest absolute Gasteiger partial charge is 0.227 e. The van der Waals surface area contributed by atoms with Crippen LogP contribution in [0, 0.1) is 11.3 Å². The molecular weight excluding hydrogens is 334 g/mol. The van der Waals surface area contributed by atoms with Gasteiger partial charge in [0.25, 0.3) is 0 Å². The average Bonchev–Trinajstić information content (AvgIpc) is 2.75. The molecule has 134 valence electrons. The molecule has 0 bridgehead atoms.